The third-order valence-corrected chi connectivity index (χ3v) is 8.18. The molecule has 0 saturated heterocycles. The molecule has 1 nitrogen and oxygen atoms in total. The number of nitrogens with one attached hydrogen (secondary N) is 1. The molecule has 0 aliphatic heterocycles. The summed E-state index contributed by atoms with van der Waals surface area (Å²) in [7, 11) is 0. The van der Waals surface area contributed by atoms with Crippen molar-refractivity contribution in [3.8, 4) is 0 Å². The monoisotopic (exact) mass is 417 g/mol. The maximum absolute atomic E-state index is 3.96. The summed E-state index contributed by atoms with van der Waals surface area (Å²) in [6.07, 6.45) is 29.1. The van der Waals surface area contributed by atoms with Crippen molar-refractivity contribution in [2.24, 2.45) is 23.7 Å². The van der Waals surface area contributed by atoms with E-state index in [-0.39, 0.29) is 0 Å². The number of allylic oxidation sites excluding steroid dienone is 2. The zero-order valence-electron chi connectivity index (χ0n) is 21.1. The Morgan fingerprint density at radius 3 is 2.20 bits per heavy atom. The van der Waals surface area contributed by atoms with Gasteiger partial charge in [0.15, 0.2) is 0 Å². The molecule has 0 aromatic rings. The van der Waals surface area contributed by atoms with Gasteiger partial charge >= 0.3 is 0 Å². The van der Waals surface area contributed by atoms with Crippen LogP contribution >= 0.6 is 0 Å². The lowest BCUT2D eigenvalue weighted by Gasteiger charge is -2.24. The SMILES string of the molecule is CCCCCC[C@H](C)CCC(CCCC1CC1CCCC1CC=CC1)N[C@@H](C)CC. The Labute approximate surface area is 190 Å². The molecule has 1 heteroatoms. The molecule has 0 aromatic heterocycles. The molecule has 0 heterocycles. The van der Waals surface area contributed by atoms with Gasteiger partial charge in [-0.15, -0.1) is 0 Å². The van der Waals surface area contributed by atoms with E-state index in [1.54, 1.807) is 6.42 Å². The smallest absolute Gasteiger partial charge is 0.00696 e. The Morgan fingerprint density at radius 1 is 0.767 bits per heavy atom. The summed E-state index contributed by atoms with van der Waals surface area (Å²) in [5.41, 5.74) is 0. The van der Waals surface area contributed by atoms with Gasteiger partial charge in [0.1, 0.15) is 0 Å². The highest BCUT2D eigenvalue weighted by atomic mass is 14.9. The van der Waals surface area contributed by atoms with Crippen molar-refractivity contribution in [1.29, 1.82) is 0 Å². The minimum atomic E-state index is 0.675. The Bertz CT molecular complexity index is 434. The van der Waals surface area contributed by atoms with Crippen LogP contribution in [0, 0.1) is 23.7 Å². The zero-order chi connectivity index (χ0) is 21.6. The van der Waals surface area contributed by atoms with Gasteiger partial charge in [-0.2, -0.15) is 0 Å². The zero-order valence-corrected chi connectivity index (χ0v) is 21.1. The van der Waals surface area contributed by atoms with Gasteiger partial charge in [-0.3, -0.25) is 0 Å². The van der Waals surface area contributed by atoms with Crippen molar-refractivity contribution in [3.63, 3.8) is 0 Å². The third kappa shape index (κ3) is 11.4. The highest BCUT2D eigenvalue weighted by Crippen LogP contribution is 2.46. The fourth-order valence-corrected chi connectivity index (χ4v) is 5.60. The van der Waals surface area contributed by atoms with Crippen LogP contribution in [-0.2, 0) is 0 Å². The molecule has 2 aliphatic carbocycles. The van der Waals surface area contributed by atoms with Crippen LogP contribution in [0.25, 0.3) is 0 Å². The number of hydrogen-bond acceptors (Lipinski definition) is 1. The van der Waals surface area contributed by atoms with Gasteiger partial charge in [-0.05, 0) is 82.0 Å². The van der Waals surface area contributed by atoms with Crippen LogP contribution in [0.5, 0.6) is 0 Å². The number of rotatable bonds is 19. The van der Waals surface area contributed by atoms with E-state index in [4.69, 9.17) is 0 Å². The molecule has 3 unspecified atom stereocenters. The van der Waals surface area contributed by atoms with Gasteiger partial charge in [0.05, 0.1) is 0 Å². The van der Waals surface area contributed by atoms with Crippen LogP contribution in [0.1, 0.15) is 137 Å². The largest absolute Gasteiger partial charge is 0.312 e. The molecular formula is C29H55N. The van der Waals surface area contributed by atoms with E-state index in [1.807, 2.05) is 0 Å². The Kier molecular flexibility index (Phi) is 13.4. The first-order valence-corrected chi connectivity index (χ1v) is 14.0. The molecule has 5 atom stereocenters. The normalized spacial score (nSPS) is 24.3. The molecule has 0 spiro atoms. The number of unbranched alkanes of at least 4 members (excludes halogenated alkanes) is 3. The predicted octanol–water partition coefficient (Wildman–Crippen LogP) is 9.07. The van der Waals surface area contributed by atoms with Gasteiger partial charge in [0.2, 0.25) is 0 Å². The van der Waals surface area contributed by atoms with Crippen LogP contribution < -0.4 is 5.32 Å². The topological polar surface area (TPSA) is 12.0 Å². The summed E-state index contributed by atoms with van der Waals surface area (Å²) >= 11 is 0. The van der Waals surface area contributed by atoms with Gasteiger partial charge in [0, 0.05) is 12.1 Å². The molecule has 1 N–H and O–H groups in total. The van der Waals surface area contributed by atoms with Crippen molar-refractivity contribution < 1.29 is 0 Å². The summed E-state index contributed by atoms with van der Waals surface area (Å²) in [5.74, 6) is 4.06. The van der Waals surface area contributed by atoms with E-state index < -0.39 is 0 Å². The van der Waals surface area contributed by atoms with Gasteiger partial charge in [-0.1, -0.05) is 90.7 Å². The fourth-order valence-electron chi connectivity index (χ4n) is 5.60. The number of hydrogen-bond donors (Lipinski definition) is 1. The summed E-state index contributed by atoms with van der Waals surface area (Å²) in [5, 5.41) is 3.96. The lowest BCUT2D eigenvalue weighted by molar-refractivity contribution is 0.343. The molecule has 0 bridgehead atoms. The molecule has 0 aromatic carbocycles. The second-order valence-electron chi connectivity index (χ2n) is 11.1. The first kappa shape index (κ1) is 26.0. The minimum Gasteiger partial charge on any atom is -0.312 e. The standard InChI is InChI=1S/C29H55N/c1-5-7-8-9-14-24(3)21-22-29(30-25(4)6-2)20-13-19-28-23-27(28)18-12-17-26-15-10-11-16-26/h10-11,24-30H,5-9,12-23H2,1-4H3/t24-,25-,27?,28?,29?/m0/s1. The molecule has 30 heavy (non-hydrogen) atoms. The van der Waals surface area contributed by atoms with E-state index in [0.29, 0.717) is 6.04 Å². The summed E-state index contributed by atoms with van der Waals surface area (Å²) in [4.78, 5) is 0. The lowest BCUT2D eigenvalue weighted by Crippen LogP contribution is -2.36. The summed E-state index contributed by atoms with van der Waals surface area (Å²) in [6.45, 7) is 9.49. The maximum atomic E-state index is 3.96. The molecule has 0 radical (unpaired) electrons. The van der Waals surface area contributed by atoms with E-state index in [2.05, 4.69) is 45.2 Å². The van der Waals surface area contributed by atoms with E-state index >= 15 is 0 Å². The lowest BCUT2D eigenvalue weighted by atomic mass is 9.93. The second-order valence-corrected chi connectivity index (χ2v) is 11.1. The quantitative estimate of drug-likeness (QED) is 0.163. The Morgan fingerprint density at radius 2 is 1.50 bits per heavy atom. The van der Waals surface area contributed by atoms with E-state index in [9.17, 15) is 0 Å². The van der Waals surface area contributed by atoms with Crippen molar-refractivity contribution in [1.82, 2.24) is 5.32 Å². The van der Waals surface area contributed by atoms with E-state index in [0.717, 1.165) is 29.7 Å². The van der Waals surface area contributed by atoms with Crippen molar-refractivity contribution in [2.75, 3.05) is 0 Å². The second kappa shape index (κ2) is 15.5. The predicted molar refractivity (Wildman–Crippen MR) is 135 cm³/mol. The minimum absolute atomic E-state index is 0.675. The molecule has 1 fully saturated rings. The Balaban J connectivity index is 1.55. The molecule has 2 rings (SSSR count). The van der Waals surface area contributed by atoms with Crippen molar-refractivity contribution in [2.45, 2.75) is 149 Å². The molecule has 0 amide bonds. The molecule has 2 aliphatic rings. The van der Waals surface area contributed by atoms with Crippen molar-refractivity contribution >= 4 is 0 Å². The molecular weight excluding hydrogens is 362 g/mol. The van der Waals surface area contributed by atoms with Crippen LogP contribution in [0.15, 0.2) is 12.2 Å². The Hall–Kier alpha value is -0.300. The summed E-state index contributed by atoms with van der Waals surface area (Å²) in [6, 6.07) is 1.43. The van der Waals surface area contributed by atoms with Crippen LogP contribution in [0.3, 0.4) is 0 Å². The third-order valence-electron chi connectivity index (χ3n) is 8.18. The summed E-state index contributed by atoms with van der Waals surface area (Å²) < 4.78 is 0. The van der Waals surface area contributed by atoms with Gasteiger partial charge < -0.3 is 5.32 Å². The van der Waals surface area contributed by atoms with Crippen LogP contribution in [-0.4, -0.2) is 12.1 Å². The van der Waals surface area contributed by atoms with Gasteiger partial charge in [-0.25, -0.2) is 0 Å². The van der Waals surface area contributed by atoms with Crippen LogP contribution in [0.4, 0.5) is 0 Å². The average Bonchev–Trinajstić information content (AvgIpc) is 3.27. The van der Waals surface area contributed by atoms with E-state index in [1.165, 1.54) is 103 Å². The van der Waals surface area contributed by atoms with Crippen LogP contribution in [0.2, 0.25) is 0 Å². The highest BCUT2D eigenvalue weighted by molar-refractivity contribution is 4.94. The highest BCUT2D eigenvalue weighted by Gasteiger charge is 2.35. The first-order valence-electron chi connectivity index (χ1n) is 14.0. The van der Waals surface area contributed by atoms with Crippen molar-refractivity contribution in [3.05, 3.63) is 12.2 Å². The van der Waals surface area contributed by atoms with Gasteiger partial charge in [0.25, 0.3) is 0 Å². The average molecular weight is 418 g/mol. The maximum Gasteiger partial charge on any atom is 0.00696 e. The molecule has 1 saturated carbocycles. The first-order chi connectivity index (χ1) is 14.6. The molecule has 176 valence electrons. The fraction of sp³-hybridized carbons (Fsp3) is 0.931.